The molecule has 0 spiro atoms. The molecule has 3 aromatic rings. The van der Waals surface area contributed by atoms with E-state index in [2.05, 4.69) is 4.98 Å². The molecule has 1 saturated heterocycles. The molecule has 0 saturated carbocycles. The predicted molar refractivity (Wildman–Crippen MR) is 122 cm³/mol. The second-order valence-corrected chi connectivity index (χ2v) is 8.73. The van der Waals surface area contributed by atoms with Gasteiger partial charge >= 0.3 is 0 Å². The Labute approximate surface area is 189 Å². The van der Waals surface area contributed by atoms with Crippen LogP contribution in [0.25, 0.3) is 5.76 Å². The molecular formula is C24H21N3O4S. The summed E-state index contributed by atoms with van der Waals surface area (Å²) in [4.78, 5) is 34.6. The number of ether oxygens (including phenoxy) is 1. The summed E-state index contributed by atoms with van der Waals surface area (Å²) in [7, 11) is 1.95. The van der Waals surface area contributed by atoms with E-state index in [0.29, 0.717) is 12.2 Å². The van der Waals surface area contributed by atoms with Gasteiger partial charge in [-0.25, -0.2) is 0 Å². The number of pyridine rings is 1. The first-order valence-corrected chi connectivity index (χ1v) is 11.1. The second-order valence-electron chi connectivity index (χ2n) is 7.75. The highest BCUT2D eigenvalue weighted by atomic mass is 32.1. The molecule has 32 heavy (non-hydrogen) atoms. The Balaban J connectivity index is 1.61. The Bertz CT molecular complexity index is 1210. The highest BCUT2D eigenvalue weighted by Gasteiger charge is 2.46. The summed E-state index contributed by atoms with van der Waals surface area (Å²) in [5.74, 6) is -0.763. The van der Waals surface area contributed by atoms with Crippen molar-refractivity contribution in [3.05, 3.63) is 81.8 Å². The van der Waals surface area contributed by atoms with E-state index in [-0.39, 0.29) is 17.9 Å². The number of carbonyl (C=O) groups is 2. The number of aliphatic hydroxyl groups is 1. The Morgan fingerprint density at radius 1 is 1.22 bits per heavy atom. The summed E-state index contributed by atoms with van der Waals surface area (Å²) >= 11 is 1.45. The number of benzene rings is 1. The van der Waals surface area contributed by atoms with E-state index in [4.69, 9.17) is 4.74 Å². The van der Waals surface area contributed by atoms with Gasteiger partial charge in [0.25, 0.3) is 11.7 Å². The van der Waals surface area contributed by atoms with Crippen molar-refractivity contribution in [3.63, 3.8) is 0 Å². The zero-order valence-electron chi connectivity index (χ0n) is 17.4. The van der Waals surface area contributed by atoms with Crippen molar-refractivity contribution >= 4 is 34.5 Å². The number of anilines is 1. The van der Waals surface area contributed by atoms with Crippen LogP contribution in [-0.4, -0.2) is 46.9 Å². The molecule has 5 rings (SSSR count). The molecule has 1 aromatic carbocycles. The minimum atomic E-state index is -0.683. The van der Waals surface area contributed by atoms with Crippen LogP contribution in [0.5, 0.6) is 5.75 Å². The van der Waals surface area contributed by atoms with Crippen LogP contribution < -0.4 is 9.64 Å². The van der Waals surface area contributed by atoms with Crippen LogP contribution in [0.1, 0.15) is 22.0 Å². The Hall–Kier alpha value is -3.65. The number of fused-ring (bicyclic) bond motifs is 1. The average Bonchev–Trinajstić information content (AvgIpc) is 3.42. The number of likely N-dealkylation sites (N-methyl/N-ethyl adjacent to an activating group) is 1. The summed E-state index contributed by atoms with van der Waals surface area (Å²) in [6.07, 6.45) is 3.30. The quantitative estimate of drug-likeness (QED) is 0.374. The van der Waals surface area contributed by atoms with Crippen LogP contribution in [0.3, 0.4) is 0 Å². The van der Waals surface area contributed by atoms with Crippen LogP contribution in [0, 0.1) is 0 Å². The predicted octanol–water partition coefficient (Wildman–Crippen LogP) is 3.59. The van der Waals surface area contributed by atoms with Crippen molar-refractivity contribution in [2.24, 2.45) is 0 Å². The lowest BCUT2D eigenvalue weighted by Crippen LogP contribution is -2.29. The normalized spacial score (nSPS) is 19.7. The molecule has 7 nitrogen and oxygen atoms in total. The molecule has 2 aliphatic rings. The van der Waals surface area contributed by atoms with Crippen molar-refractivity contribution in [1.82, 2.24) is 9.88 Å². The zero-order valence-corrected chi connectivity index (χ0v) is 18.2. The van der Waals surface area contributed by atoms with E-state index in [1.54, 1.807) is 30.6 Å². The molecule has 4 heterocycles. The molecule has 0 radical (unpaired) electrons. The summed E-state index contributed by atoms with van der Waals surface area (Å²) in [6, 6.07) is 12.0. The standard InChI is InChI=1S/C24H21N3O4S/c1-26-10-11-31-18-5-4-16(13-17(18)26)22(28)20-21(19-3-2-12-32-19)27(24(30)23(20)29)14-15-6-8-25-9-7-15/h2-9,12-13,21,28H,10-11,14H2,1H3/b22-20-. The van der Waals surface area contributed by atoms with Crippen LogP contribution >= 0.6 is 11.3 Å². The lowest BCUT2D eigenvalue weighted by molar-refractivity contribution is -0.140. The number of nitrogens with zero attached hydrogens (tertiary/aromatic N) is 3. The lowest BCUT2D eigenvalue weighted by atomic mass is 9.99. The van der Waals surface area contributed by atoms with Gasteiger partial charge < -0.3 is 19.6 Å². The third-order valence-electron chi connectivity index (χ3n) is 5.78. The molecule has 8 heteroatoms. The van der Waals surface area contributed by atoms with E-state index in [1.807, 2.05) is 41.6 Å². The number of aliphatic hydroxyl groups excluding tert-OH is 1. The molecule has 1 fully saturated rings. The zero-order chi connectivity index (χ0) is 22.2. The smallest absolute Gasteiger partial charge is 0.295 e. The fraction of sp³-hybridized carbons (Fsp3) is 0.208. The topological polar surface area (TPSA) is 83.0 Å². The van der Waals surface area contributed by atoms with Crippen molar-refractivity contribution in [2.45, 2.75) is 12.6 Å². The summed E-state index contributed by atoms with van der Waals surface area (Å²) in [5, 5.41) is 13.2. The molecule has 0 bridgehead atoms. The first-order valence-electron chi connectivity index (χ1n) is 10.2. The second kappa shape index (κ2) is 8.12. The summed E-state index contributed by atoms with van der Waals surface area (Å²) < 4.78 is 5.68. The molecule has 1 amide bonds. The van der Waals surface area contributed by atoms with Gasteiger partial charge in [0.2, 0.25) is 0 Å². The number of ketones is 1. The highest BCUT2D eigenvalue weighted by Crippen LogP contribution is 2.43. The number of carbonyl (C=O) groups excluding carboxylic acids is 2. The van der Waals surface area contributed by atoms with Crippen LogP contribution in [0.15, 0.2) is 65.8 Å². The van der Waals surface area contributed by atoms with Crippen molar-refractivity contribution in [3.8, 4) is 5.75 Å². The fourth-order valence-corrected chi connectivity index (χ4v) is 4.97. The molecule has 1 N–H and O–H groups in total. The molecule has 1 atom stereocenters. The minimum absolute atomic E-state index is 0.103. The van der Waals surface area contributed by atoms with Gasteiger partial charge in [-0.3, -0.25) is 14.6 Å². The molecule has 1 unspecified atom stereocenters. The SMILES string of the molecule is CN1CCOc2ccc(/C(O)=C3/C(=O)C(=O)N(Cc4ccncc4)C3c3cccs3)cc21. The van der Waals surface area contributed by atoms with Gasteiger partial charge in [0.05, 0.1) is 23.8 Å². The maximum Gasteiger partial charge on any atom is 0.295 e. The maximum atomic E-state index is 13.1. The van der Waals surface area contributed by atoms with Crippen molar-refractivity contribution in [1.29, 1.82) is 0 Å². The average molecular weight is 448 g/mol. The molecular weight excluding hydrogens is 426 g/mol. The van der Waals surface area contributed by atoms with Crippen LogP contribution in [-0.2, 0) is 16.1 Å². The van der Waals surface area contributed by atoms with Gasteiger partial charge in [0.1, 0.15) is 18.1 Å². The molecule has 2 aromatic heterocycles. The van der Waals surface area contributed by atoms with E-state index in [1.165, 1.54) is 16.2 Å². The minimum Gasteiger partial charge on any atom is -0.507 e. The molecule has 162 valence electrons. The lowest BCUT2D eigenvalue weighted by Gasteiger charge is -2.28. The van der Waals surface area contributed by atoms with Crippen molar-refractivity contribution in [2.75, 3.05) is 25.1 Å². The summed E-state index contributed by atoms with van der Waals surface area (Å²) in [6.45, 7) is 1.56. The Morgan fingerprint density at radius 2 is 2.03 bits per heavy atom. The monoisotopic (exact) mass is 447 g/mol. The number of rotatable bonds is 4. The number of hydrogen-bond donors (Lipinski definition) is 1. The third kappa shape index (κ3) is 3.42. The van der Waals surface area contributed by atoms with E-state index < -0.39 is 17.7 Å². The van der Waals surface area contributed by atoms with E-state index >= 15 is 0 Å². The van der Waals surface area contributed by atoms with Gasteiger partial charge in [-0.1, -0.05) is 6.07 Å². The van der Waals surface area contributed by atoms with Gasteiger partial charge in [-0.2, -0.15) is 0 Å². The van der Waals surface area contributed by atoms with E-state index in [0.717, 1.165) is 28.4 Å². The maximum absolute atomic E-state index is 13.1. The highest BCUT2D eigenvalue weighted by molar-refractivity contribution is 7.10. The van der Waals surface area contributed by atoms with Gasteiger partial charge in [-0.15, -0.1) is 11.3 Å². The first-order chi connectivity index (χ1) is 15.5. The van der Waals surface area contributed by atoms with Crippen LogP contribution in [0.4, 0.5) is 5.69 Å². The van der Waals surface area contributed by atoms with Gasteiger partial charge in [-0.05, 0) is 47.3 Å². The Kier molecular flexibility index (Phi) is 5.14. The number of likely N-dealkylation sites (tertiary alicyclic amines) is 1. The van der Waals surface area contributed by atoms with Crippen LogP contribution in [0.2, 0.25) is 0 Å². The third-order valence-corrected chi connectivity index (χ3v) is 6.71. The number of hydrogen-bond acceptors (Lipinski definition) is 7. The first kappa shape index (κ1) is 20.3. The molecule has 2 aliphatic heterocycles. The largest absolute Gasteiger partial charge is 0.507 e. The number of Topliss-reactive ketones (excluding diaryl/α,β-unsaturated/α-hetero) is 1. The van der Waals surface area contributed by atoms with Gasteiger partial charge in [0.15, 0.2) is 0 Å². The Morgan fingerprint density at radius 3 is 2.78 bits per heavy atom. The fourth-order valence-electron chi connectivity index (χ4n) is 4.12. The van der Waals surface area contributed by atoms with Crippen molar-refractivity contribution < 1.29 is 19.4 Å². The summed E-state index contributed by atoms with van der Waals surface area (Å²) in [5.41, 5.74) is 2.27. The number of amides is 1. The van der Waals surface area contributed by atoms with E-state index in [9.17, 15) is 14.7 Å². The van der Waals surface area contributed by atoms with Gasteiger partial charge in [0, 0.05) is 36.4 Å². The molecule has 0 aliphatic carbocycles. The number of thiophene rings is 1. The number of aromatic nitrogens is 1.